The van der Waals surface area contributed by atoms with Crippen LogP contribution in [0.1, 0.15) is 0 Å². The van der Waals surface area contributed by atoms with Gasteiger partial charge in [0.15, 0.2) is 0 Å². The van der Waals surface area contributed by atoms with E-state index in [1.54, 1.807) is 6.20 Å². The van der Waals surface area contributed by atoms with E-state index in [0.29, 0.717) is 0 Å². The van der Waals surface area contributed by atoms with Crippen molar-refractivity contribution in [2.45, 2.75) is 0 Å². The van der Waals surface area contributed by atoms with Crippen LogP contribution in [-0.2, 0) is 0 Å². The van der Waals surface area contributed by atoms with E-state index in [-0.39, 0.29) is 7.48 Å². The molecule has 0 spiro atoms. The van der Waals surface area contributed by atoms with E-state index in [2.05, 4.69) is 4.98 Å². The summed E-state index contributed by atoms with van der Waals surface area (Å²) in [5, 5.41) is 9.95. The van der Waals surface area contributed by atoms with Gasteiger partial charge in [0, 0.05) is 6.20 Å². The topological polar surface area (TPSA) is 33.1 Å². The quantitative estimate of drug-likeness (QED) is 0.600. The summed E-state index contributed by atoms with van der Waals surface area (Å²) in [4.78, 5) is 4.17. The number of aromatic nitrogens is 1. The zero-order valence-corrected chi connectivity index (χ0v) is 6.57. The van der Waals surface area contributed by atoms with Crippen molar-refractivity contribution in [1.29, 1.82) is 0 Å². The van der Waals surface area contributed by atoms with E-state index in [9.17, 15) is 0 Å². The van der Waals surface area contributed by atoms with Gasteiger partial charge in [-0.2, -0.15) is 0 Å². The average molecular weight is 157 g/mol. The van der Waals surface area contributed by atoms with Crippen LogP contribution in [0.2, 0.25) is 0 Å². The van der Waals surface area contributed by atoms with Crippen LogP contribution in [0.5, 0.6) is 0 Å². The molecule has 0 saturated carbocycles. The van der Waals surface area contributed by atoms with Gasteiger partial charge in [-0.3, -0.25) is 4.98 Å². The fourth-order valence-electron chi connectivity index (χ4n) is 1.22. The molecule has 0 unspecified atom stereocenters. The Balaban J connectivity index is 2.67. The van der Waals surface area contributed by atoms with Crippen molar-refractivity contribution in [2.24, 2.45) is 0 Å². The van der Waals surface area contributed by atoms with E-state index in [0.717, 1.165) is 16.4 Å². The van der Waals surface area contributed by atoms with Crippen molar-refractivity contribution < 1.29 is 5.02 Å². The van der Waals surface area contributed by atoms with Gasteiger partial charge < -0.3 is 5.02 Å². The summed E-state index contributed by atoms with van der Waals surface area (Å²) in [5.41, 5.74) is 1.89. The molecule has 0 bridgehead atoms. The molecule has 12 heavy (non-hydrogen) atoms. The van der Waals surface area contributed by atoms with Crippen LogP contribution in [0.15, 0.2) is 36.5 Å². The molecule has 1 aromatic carbocycles. The molecule has 0 aliphatic heterocycles. The third-order valence-corrected chi connectivity index (χ3v) is 1.85. The zero-order valence-electron chi connectivity index (χ0n) is 6.57. The minimum atomic E-state index is 0.0881. The molecule has 0 amide bonds. The standard InChI is InChI=1S/C9H8BNO/c12-10-8-3-4-9-7(6-8)2-1-5-11-9/h1-6,10,12H. The summed E-state index contributed by atoms with van der Waals surface area (Å²) < 4.78 is 0. The highest BCUT2D eigenvalue weighted by Crippen LogP contribution is 2.06. The molecule has 0 saturated heterocycles. The third kappa shape index (κ3) is 1.19. The lowest BCUT2D eigenvalue weighted by atomic mass is 9.88. The van der Waals surface area contributed by atoms with Gasteiger partial charge in [-0.25, -0.2) is 0 Å². The van der Waals surface area contributed by atoms with Crippen LogP contribution in [0.25, 0.3) is 10.9 Å². The maximum Gasteiger partial charge on any atom is 0.304 e. The zero-order chi connectivity index (χ0) is 8.39. The fraction of sp³-hybridized carbons (Fsp3) is 0. The monoisotopic (exact) mass is 157 g/mol. The van der Waals surface area contributed by atoms with Crippen molar-refractivity contribution in [2.75, 3.05) is 0 Å². The molecule has 1 heterocycles. The van der Waals surface area contributed by atoms with Crippen LogP contribution < -0.4 is 5.46 Å². The molecule has 1 N–H and O–H groups in total. The Kier molecular flexibility index (Phi) is 1.80. The first-order valence-corrected chi connectivity index (χ1v) is 3.84. The van der Waals surface area contributed by atoms with Crippen LogP contribution >= 0.6 is 0 Å². The van der Waals surface area contributed by atoms with Crippen molar-refractivity contribution >= 4 is 23.8 Å². The van der Waals surface area contributed by atoms with Crippen molar-refractivity contribution in [3.05, 3.63) is 36.5 Å². The largest absolute Gasteiger partial charge is 0.449 e. The second-order valence-corrected chi connectivity index (χ2v) is 2.69. The molecule has 2 aromatic rings. The first kappa shape index (κ1) is 7.31. The van der Waals surface area contributed by atoms with Crippen molar-refractivity contribution in [3.8, 4) is 0 Å². The summed E-state index contributed by atoms with van der Waals surface area (Å²) >= 11 is 0. The van der Waals surface area contributed by atoms with Crippen LogP contribution in [0, 0.1) is 0 Å². The van der Waals surface area contributed by atoms with Gasteiger partial charge in [-0.1, -0.05) is 23.7 Å². The Morgan fingerprint density at radius 3 is 3.00 bits per heavy atom. The first-order chi connectivity index (χ1) is 5.90. The predicted octanol–water partition coefficient (Wildman–Crippen LogP) is 0.204. The number of hydrogen-bond donors (Lipinski definition) is 1. The van der Waals surface area contributed by atoms with Crippen molar-refractivity contribution in [3.63, 3.8) is 0 Å². The average Bonchev–Trinajstić information content (AvgIpc) is 2.17. The molecule has 2 rings (SSSR count). The van der Waals surface area contributed by atoms with Gasteiger partial charge in [0.2, 0.25) is 0 Å². The molecule has 0 atom stereocenters. The molecule has 0 fully saturated rings. The van der Waals surface area contributed by atoms with E-state index in [1.807, 2.05) is 30.3 Å². The maximum atomic E-state index is 8.88. The van der Waals surface area contributed by atoms with Gasteiger partial charge in [0.25, 0.3) is 0 Å². The molecule has 0 aliphatic carbocycles. The maximum absolute atomic E-state index is 8.88. The van der Waals surface area contributed by atoms with E-state index < -0.39 is 0 Å². The van der Waals surface area contributed by atoms with E-state index in [1.165, 1.54) is 0 Å². The molecule has 58 valence electrons. The Hall–Kier alpha value is -1.35. The molecule has 3 heteroatoms. The smallest absolute Gasteiger partial charge is 0.304 e. The minimum absolute atomic E-state index is 0.0881. The van der Waals surface area contributed by atoms with E-state index >= 15 is 0 Å². The fourth-order valence-corrected chi connectivity index (χ4v) is 1.22. The highest BCUT2D eigenvalue weighted by atomic mass is 16.2. The Morgan fingerprint density at radius 2 is 2.17 bits per heavy atom. The second-order valence-electron chi connectivity index (χ2n) is 2.69. The number of pyridine rings is 1. The predicted molar refractivity (Wildman–Crippen MR) is 50.7 cm³/mol. The molecular weight excluding hydrogens is 149 g/mol. The Labute approximate surface area is 71.1 Å². The lowest BCUT2D eigenvalue weighted by molar-refractivity contribution is 0.615. The Bertz CT molecular complexity index is 402. The number of benzene rings is 1. The molecular formula is C9H8BNO. The number of hydrogen-bond acceptors (Lipinski definition) is 2. The van der Waals surface area contributed by atoms with Gasteiger partial charge in [-0.15, -0.1) is 0 Å². The van der Waals surface area contributed by atoms with Gasteiger partial charge in [-0.05, 0) is 17.5 Å². The minimum Gasteiger partial charge on any atom is -0.449 e. The number of fused-ring (bicyclic) bond motifs is 1. The molecule has 0 aliphatic rings. The number of nitrogens with zero attached hydrogens (tertiary/aromatic N) is 1. The summed E-state index contributed by atoms with van der Waals surface area (Å²) in [6, 6.07) is 9.63. The lowest BCUT2D eigenvalue weighted by Crippen LogP contribution is -2.12. The first-order valence-electron chi connectivity index (χ1n) is 3.84. The van der Waals surface area contributed by atoms with Crippen LogP contribution in [0.4, 0.5) is 0 Å². The summed E-state index contributed by atoms with van der Waals surface area (Å²) in [6.07, 6.45) is 1.76. The normalized spacial score (nSPS) is 10.1. The summed E-state index contributed by atoms with van der Waals surface area (Å²) in [7, 11) is 0.0881. The Morgan fingerprint density at radius 1 is 1.25 bits per heavy atom. The van der Waals surface area contributed by atoms with Gasteiger partial charge in [0.05, 0.1) is 5.52 Å². The lowest BCUT2D eigenvalue weighted by Gasteiger charge is -1.97. The third-order valence-electron chi connectivity index (χ3n) is 1.85. The van der Waals surface area contributed by atoms with Crippen molar-refractivity contribution in [1.82, 2.24) is 4.98 Å². The molecule has 0 radical (unpaired) electrons. The highest BCUT2D eigenvalue weighted by molar-refractivity contribution is 6.45. The van der Waals surface area contributed by atoms with E-state index in [4.69, 9.17) is 5.02 Å². The van der Waals surface area contributed by atoms with Crippen LogP contribution in [-0.4, -0.2) is 17.5 Å². The SMILES string of the molecule is OBc1ccc2ncccc2c1. The van der Waals surface area contributed by atoms with Gasteiger partial charge in [0.1, 0.15) is 0 Å². The number of rotatable bonds is 1. The summed E-state index contributed by atoms with van der Waals surface area (Å²) in [5.74, 6) is 0. The van der Waals surface area contributed by atoms with Crippen LogP contribution in [0.3, 0.4) is 0 Å². The molecule has 2 nitrogen and oxygen atoms in total. The second kappa shape index (κ2) is 2.95. The van der Waals surface area contributed by atoms with Gasteiger partial charge >= 0.3 is 7.48 Å². The summed E-state index contributed by atoms with van der Waals surface area (Å²) in [6.45, 7) is 0. The molecule has 1 aromatic heterocycles. The highest BCUT2D eigenvalue weighted by Gasteiger charge is 1.95.